The van der Waals surface area contributed by atoms with Gasteiger partial charge >= 0.3 is 0 Å². The highest BCUT2D eigenvalue weighted by Crippen LogP contribution is 2.68. The number of hydrogen-bond acceptors (Lipinski definition) is 2. The van der Waals surface area contributed by atoms with Crippen molar-refractivity contribution in [1.82, 2.24) is 5.32 Å². The molecule has 1 aromatic rings. The number of carbonyl (C=O) groups is 1. The van der Waals surface area contributed by atoms with E-state index in [4.69, 9.17) is 5.73 Å². The molecule has 0 aliphatic heterocycles. The molecule has 1 aliphatic rings. The minimum atomic E-state index is -0.317. The summed E-state index contributed by atoms with van der Waals surface area (Å²) in [6.07, 6.45) is 0. The monoisotopic (exact) mass is 278 g/mol. The first-order chi connectivity index (χ1) is 9.21. The van der Waals surface area contributed by atoms with Crippen molar-refractivity contribution in [3.8, 4) is 0 Å². The van der Waals surface area contributed by atoms with E-state index in [0.29, 0.717) is 12.1 Å². The topological polar surface area (TPSA) is 55.1 Å². The molecule has 1 aromatic carbocycles. The van der Waals surface area contributed by atoms with E-state index in [0.717, 1.165) is 5.56 Å². The predicted molar refractivity (Wildman–Crippen MR) is 77.2 cm³/mol. The fourth-order valence-corrected chi connectivity index (χ4v) is 3.00. The highest BCUT2D eigenvalue weighted by molar-refractivity contribution is 5.84. The van der Waals surface area contributed by atoms with Crippen LogP contribution in [-0.4, -0.2) is 5.91 Å². The quantitative estimate of drug-likeness (QED) is 0.889. The van der Waals surface area contributed by atoms with Crippen LogP contribution >= 0.6 is 0 Å². The molecule has 0 atom stereocenters. The minimum absolute atomic E-state index is 0.000957. The maximum Gasteiger partial charge on any atom is 0.224 e. The largest absolute Gasteiger partial charge is 0.352 e. The van der Waals surface area contributed by atoms with Gasteiger partial charge in [-0.05, 0) is 22.5 Å². The second kappa shape index (κ2) is 4.85. The van der Waals surface area contributed by atoms with E-state index in [1.165, 1.54) is 6.07 Å². The number of nitrogens with two attached hydrogens (primary N) is 1. The SMILES string of the molecule is CC1(C)C(C(=O)NCc2ccc(CN)cc2F)C1(C)C. The summed E-state index contributed by atoms with van der Waals surface area (Å²) in [6.45, 7) is 8.90. The standard InChI is InChI=1S/C16H23FN2O/c1-15(2)13(16(15,3)4)14(20)19-9-11-6-5-10(8-18)7-12(11)17/h5-7,13H,8-9,18H2,1-4H3,(H,19,20). The third kappa shape index (κ3) is 2.33. The first-order valence-corrected chi connectivity index (χ1v) is 6.97. The van der Waals surface area contributed by atoms with Crippen molar-refractivity contribution in [2.75, 3.05) is 0 Å². The van der Waals surface area contributed by atoms with Gasteiger partial charge < -0.3 is 11.1 Å². The molecule has 1 amide bonds. The van der Waals surface area contributed by atoms with E-state index >= 15 is 0 Å². The van der Waals surface area contributed by atoms with E-state index in [-0.39, 0.29) is 35.0 Å². The van der Waals surface area contributed by atoms with Gasteiger partial charge in [0.1, 0.15) is 5.82 Å². The van der Waals surface area contributed by atoms with Gasteiger partial charge in [-0.3, -0.25) is 4.79 Å². The molecule has 1 fully saturated rings. The van der Waals surface area contributed by atoms with Gasteiger partial charge in [0.05, 0.1) is 0 Å². The van der Waals surface area contributed by atoms with Crippen molar-refractivity contribution in [3.05, 3.63) is 35.1 Å². The molecule has 0 aromatic heterocycles. The number of carbonyl (C=O) groups excluding carboxylic acids is 1. The molecule has 2 rings (SSSR count). The molecule has 3 nitrogen and oxygen atoms in total. The van der Waals surface area contributed by atoms with Crippen LogP contribution in [0.3, 0.4) is 0 Å². The zero-order valence-corrected chi connectivity index (χ0v) is 12.6. The van der Waals surface area contributed by atoms with Gasteiger partial charge in [-0.25, -0.2) is 4.39 Å². The van der Waals surface area contributed by atoms with Crippen molar-refractivity contribution in [1.29, 1.82) is 0 Å². The number of benzene rings is 1. The summed E-state index contributed by atoms with van der Waals surface area (Å²) in [7, 11) is 0. The Hall–Kier alpha value is -1.42. The smallest absolute Gasteiger partial charge is 0.224 e. The van der Waals surface area contributed by atoms with Crippen molar-refractivity contribution >= 4 is 5.91 Å². The molecule has 3 N–H and O–H groups in total. The summed E-state index contributed by atoms with van der Waals surface area (Å²) in [5.74, 6) is -0.328. The second-order valence-corrected chi connectivity index (χ2v) is 6.72. The molecule has 0 heterocycles. The lowest BCUT2D eigenvalue weighted by Gasteiger charge is -2.08. The Balaban J connectivity index is 1.99. The van der Waals surface area contributed by atoms with Crippen LogP contribution in [0.1, 0.15) is 38.8 Å². The Bertz CT molecular complexity index is 523. The Morgan fingerprint density at radius 3 is 2.35 bits per heavy atom. The summed E-state index contributed by atoms with van der Waals surface area (Å²) in [6, 6.07) is 4.89. The van der Waals surface area contributed by atoms with Crippen LogP contribution in [0.25, 0.3) is 0 Å². The molecule has 0 unspecified atom stereocenters. The average molecular weight is 278 g/mol. The van der Waals surface area contributed by atoms with Gasteiger partial charge in [0, 0.05) is 24.6 Å². The van der Waals surface area contributed by atoms with E-state index in [2.05, 4.69) is 33.0 Å². The molecule has 0 spiro atoms. The highest BCUT2D eigenvalue weighted by Gasteiger charge is 2.68. The Morgan fingerprint density at radius 1 is 1.30 bits per heavy atom. The summed E-state index contributed by atoms with van der Waals surface area (Å²) >= 11 is 0. The Kier molecular flexibility index (Phi) is 3.63. The maximum absolute atomic E-state index is 13.8. The number of amides is 1. The fourth-order valence-electron chi connectivity index (χ4n) is 3.00. The third-order valence-electron chi connectivity index (χ3n) is 5.09. The normalized spacial score (nSPS) is 19.7. The van der Waals surface area contributed by atoms with E-state index in [9.17, 15) is 9.18 Å². The van der Waals surface area contributed by atoms with Crippen LogP contribution in [-0.2, 0) is 17.9 Å². The molecule has 0 bridgehead atoms. The molecule has 110 valence electrons. The van der Waals surface area contributed by atoms with Gasteiger partial charge in [-0.15, -0.1) is 0 Å². The highest BCUT2D eigenvalue weighted by atomic mass is 19.1. The zero-order valence-electron chi connectivity index (χ0n) is 12.6. The van der Waals surface area contributed by atoms with Crippen molar-refractivity contribution < 1.29 is 9.18 Å². The van der Waals surface area contributed by atoms with E-state index < -0.39 is 0 Å². The molecule has 4 heteroatoms. The van der Waals surface area contributed by atoms with Crippen LogP contribution in [0, 0.1) is 22.6 Å². The number of rotatable bonds is 4. The van der Waals surface area contributed by atoms with Crippen molar-refractivity contribution in [2.45, 2.75) is 40.8 Å². The predicted octanol–water partition coefficient (Wildman–Crippen LogP) is 2.58. The van der Waals surface area contributed by atoms with Crippen LogP contribution in [0.2, 0.25) is 0 Å². The van der Waals surface area contributed by atoms with Crippen LogP contribution in [0.5, 0.6) is 0 Å². The van der Waals surface area contributed by atoms with Crippen molar-refractivity contribution in [3.63, 3.8) is 0 Å². The number of halogens is 1. The Morgan fingerprint density at radius 2 is 1.90 bits per heavy atom. The summed E-state index contributed by atoms with van der Waals surface area (Å²) < 4.78 is 13.8. The van der Waals surface area contributed by atoms with E-state index in [1.54, 1.807) is 12.1 Å². The summed E-state index contributed by atoms with van der Waals surface area (Å²) in [5, 5.41) is 2.84. The zero-order chi connectivity index (χ0) is 15.1. The fraction of sp³-hybridized carbons (Fsp3) is 0.562. The van der Waals surface area contributed by atoms with Crippen molar-refractivity contribution in [2.24, 2.45) is 22.5 Å². The molecule has 1 saturated carbocycles. The average Bonchev–Trinajstić information content (AvgIpc) is 2.77. The molecule has 1 aliphatic carbocycles. The summed E-state index contributed by atoms with van der Waals surface area (Å²) in [5.41, 5.74) is 6.70. The second-order valence-electron chi connectivity index (χ2n) is 6.72. The Labute approximate surface area is 119 Å². The third-order valence-corrected chi connectivity index (χ3v) is 5.09. The summed E-state index contributed by atoms with van der Waals surface area (Å²) in [4.78, 5) is 12.2. The van der Waals surface area contributed by atoms with Gasteiger partial charge in [-0.2, -0.15) is 0 Å². The van der Waals surface area contributed by atoms with Gasteiger partial charge in [0.15, 0.2) is 0 Å². The lowest BCUT2D eigenvalue weighted by Crippen LogP contribution is -2.27. The molecule has 20 heavy (non-hydrogen) atoms. The molecule has 0 radical (unpaired) electrons. The number of nitrogens with one attached hydrogen (secondary N) is 1. The molecular formula is C16H23FN2O. The lowest BCUT2D eigenvalue weighted by molar-refractivity contribution is -0.123. The first-order valence-electron chi connectivity index (χ1n) is 6.97. The van der Waals surface area contributed by atoms with Gasteiger partial charge in [0.2, 0.25) is 5.91 Å². The lowest BCUT2D eigenvalue weighted by atomic mass is 10.0. The van der Waals surface area contributed by atoms with E-state index in [1.807, 2.05) is 0 Å². The maximum atomic E-state index is 13.8. The van der Waals surface area contributed by atoms with Gasteiger partial charge in [-0.1, -0.05) is 39.8 Å². The molecular weight excluding hydrogens is 255 g/mol. The van der Waals surface area contributed by atoms with Crippen LogP contribution < -0.4 is 11.1 Å². The van der Waals surface area contributed by atoms with Gasteiger partial charge in [0.25, 0.3) is 0 Å². The minimum Gasteiger partial charge on any atom is -0.352 e. The van der Waals surface area contributed by atoms with Crippen LogP contribution in [0.15, 0.2) is 18.2 Å². The van der Waals surface area contributed by atoms with Crippen LogP contribution in [0.4, 0.5) is 4.39 Å². The molecule has 0 saturated heterocycles. The first kappa shape index (κ1) is 15.0. The number of hydrogen-bond donors (Lipinski definition) is 2.